The van der Waals surface area contributed by atoms with E-state index in [0.717, 1.165) is 42.0 Å². The molecule has 2 aromatic heterocycles. The summed E-state index contributed by atoms with van der Waals surface area (Å²) in [6, 6.07) is 11.1. The smallest absolute Gasteiger partial charge is 0.351 e. The van der Waals surface area contributed by atoms with Crippen LogP contribution in [0.2, 0.25) is 0 Å². The number of ketones is 1. The second-order valence-corrected chi connectivity index (χ2v) is 9.07. The summed E-state index contributed by atoms with van der Waals surface area (Å²) in [5.41, 5.74) is 3.06. The Bertz CT molecular complexity index is 1330. The van der Waals surface area contributed by atoms with Crippen LogP contribution in [0.4, 0.5) is 0 Å². The van der Waals surface area contributed by atoms with Gasteiger partial charge in [-0.05, 0) is 36.6 Å². The molecule has 3 aliphatic rings. The van der Waals surface area contributed by atoms with Crippen molar-refractivity contribution in [2.75, 3.05) is 26.4 Å². The average Bonchev–Trinajstić information content (AvgIpc) is 2.86. The molecule has 1 unspecified atom stereocenters. The molecular weight excluding hydrogens is 450 g/mol. The van der Waals surface area contributed by atoms with Gasteiger partial charge >= 0.3 is 5.69 Å². The Kier molecular flexibility index (Phi) is 5.69. The zero-order valence-corrected chi connectivity index (χ0v) is 19.1. The lowest BCUT2D eigenvalue weighted by molar-refractivity contribution is -0.0353. The number of carbonyl (C=O) groups excluding carboxylic acids is 1. The molecule has 180 valence electrons. The second kappa shape index (κ2) is 9.14. The topological polar surface area (TPSA) is 102 Å². The molecular formula is C26H25N3O6. The number of Topliss-reactive ketones (excluding diaryl/α,β-unsaturated/α-hetero) is 1. The number of nitrogens with zero attached hydrogens (tertiary/aromatic N) is 3. The minimum absolute atomic E-state index is 0.146. The predicted octanol–water partition coefficient (Wildman–Crippen LogP) is 2.69. The highest BCUT2D eigenvalue weighted by molar-refractivity contribution is 5.97. The Morgan fingerprint density at radius 3 is 2.94 bits per heavy atom. The van der Waals surface area contributed by atoms with E-state index < -0.39 is 0 Å². The highest BCUT2D eigenvalue weighted by Crippen LogP contribution is 2.32. The first-order valence-corrected chi connectivity index (χ1v) is 11.9. The molecule has 0 spiro atoms. The van der Waals surface area contributed by atoms with E-state index in [1.807, 2.05) is 18.2 Å². The Morgan fingerprint density at radius 2 is 2.09 bits per heavy atom. The number of aryl methyl sites for hydroxylation is 1. The lowest BCUT2D eigenvalue weighted by Gasteiger charge is -2.26. The molecule has 0 N–H and O–H groups in total. The third kappa shape index (κ3) is 4.39. The van der Waals surface area contributed by atoms with Crippen molar-refractivity contribution < 1.29 is 23.7 Å². The summed E-state index contributed by atoms with van der Waals surface area (Å²) in [7, 11) is 0. The largest absolute Gasteiger partial charge is 0.478 e. The van der Waals surface area contributed by atoms with Gasteiger partial charge in [0.1, 0.15) is 13.2 Å². The van der Waals surface area contributed by atoms with E-state index in [1.54, 1.807) is 29.0 Å². The highest BCUT2D eigenvalue weighted by Gasteiger charge is 2.25. The molecule has 0 bridgehead atoms. The quantitative estimate of drug-likeness (QED) is 0.481. The van der Waals surface area contributed by atoms with E-state index in [1.165, 1.54) is 0 Å². The molecule has 1 aromatic carbocycles. The zero-order chi connectivity index (χ0) is 23.8. The minimum Gasteiger partial charge on any atom is -0.478 e. The predicted molar refractivity (Wildman–Crippen MR) is 125 cm³/mol. The monoisotopic (exact) mass is 475 g/mol. The first-order chi connectivity index (χ1) is 17.1. The van der Waals surface area contributed by atoms with Crippen LogP contribution < -0.4 is 19.9 Å². The first-order valence-electron chi connectivity index (χ1n) is 11.9. The van der Waals surface area contributed by atoms with Crippen molar-refractivity contribution >= 4 is 5.78 Å². The minimum atomic E-state index is -0.360. The highest BCUT2D eigenvalue weighted by atomic mass is 16.6. The van der Waals surface area contributed by atoms with E-state index in [4.69, 9.17) is 18.9 Å². The van der Waals surface area contributed by atoms with Gasteiger partial charge in [0, 0.05) is 42.3 Å². The van der Waals surface area contributed by atoms with Gasteiger partial charge in [0.25, 0.3) is 5.88 Å². The van der Waals surface area contributed by atoms with Gasteiger partial charge < -0.3 is 18.9 Å². The Hall–Kier alpha value is -3.72. The van der Waals surface area contributed by atoms with Gasteiger partial charge in [-0.1, -0.05) is 12.1 Å². The molecule has 3 aliphatic heterocycles. The van der Waals surface area contributed by atoms with Crippen LogP contribution in [0.5, 0.6) is 17.5 Å². The Balaban J connectivity index is 1.18. The summed E-state index contributed by atoms with van der Waals surface area (Å²) in [6.07, 6.45) is 3.35. The van der Waals surface area contributed by atoms with Crippen LogP contribution in [0.3, 0.4) is 0 Å². The number of pyridine rings is 1. The summed E-state index contributed by atoms with van der Waals surface area (Å²) in [4.78, 5) is 33.6. The maximum atomic E-state index is 12.7. The van der Waals surface area contributed by atoms with E-state index >= 15 is 0 Å². The van der Waals surface area contributed by atoms with Crippen molar-refractivity contribution in [3.8, 4) is 28.8 Å². The molecule has 9 heteroatoms. The SMILES string of the molecule is O=C(CCC1COC1)c1ccc2c(c1)CCn1c-2cc(OCC2COc3ncccc3O2)nc1=O. The van der Waals surface area contributed by atoms with Gasteiger partial charge in [0.15, 0.2) is 17.6 Å². The van der Waals surface area contributed by atoms with Gasteiger partial charge in [-0.3, -0.25) is 9.36 Å². The molecule has 35 heavy (non-hydrogen) atoms. The molecule has 0 amide bonds. The zero-order valence-electron chi connectivity index (χ0n) is 19.1. The maximum absolute atomic E-state index is 12.7. The molecule has 1 fully saturated rings. The molecule has 5 heterocycles. The number of carbonyl (C=O) groups is 1. The van der Waals surface area contributed by atoms with Crippen LogP contribution in [0, 0.1) is 5.92 Å². The number of ether oxygens (including phenoxy) is 4. The van der Waals surface area contributed by atoms with Crippen LogP contribution in [0.15, 0.2) is 47.4 Å². The fourth-order valence-corrected chi connectivity index (χ4v) is 4.60. The third-order valence-corrected chi connectivity index (χ3v) is 6.64. The van der Waals surface area contributed by atoms with Crippen molar-refractivity contribution in [2.45, 2.75) is 31.9 Å². The molecule has 1 atom stereocenters. The number of hydrogen-bond donors (Lipinski definition) is 0. The van der Waals surface area contributed by atoms with Crippen LogP contribution >= 0.6 is 0 Å². The molecule has 9 nitrogen and oxygen atoms in total. The standard InChI is InChI=1S/C26H25N3O6/c30-22(6-3-16-12-32-13-16)18-4-5-20-17(10-18)7-9-29-21(20)11-24(28-26(29)31)33-14-19-15-34-25-23(35-19)2-1-8-27-25/h1-2,4-5,8,10-11,16,19H,3,6-7,9,12-15H2. The van der Waals surface area contributed by atoms with Crippen molar-refractivity contribution in [1.29, 1.82) is 0 Å². The molecule has 6 rings (SSSR count). The fraction of sp³-hybridized carbons (Fsp3) is 0.385. The molecule has 1 saturated heterocycles. The summed E-state index contributed by atoms with van der Waals surface area (Å²) in [5.74, 6) is 1.90. The van der Waals surface area contributed by atoms with Gasteiger partial charge in [-0.25, -0.2) is 9.78 Å². The van der Waals surface area contributed by atoms with E-state index in [2.05, 4.69) is 9.97 Å². The second-order valence-electron chi connectivity index (χ2n) is 9.07. The number of rotatable bonds is 7. The lowest BCUT2D eigenvalue weighted by atomic mass is 9.92. The van der Waals surface area contributed by atoms with Gasteiger partial charge in [0.2, 0.25) is 5.88 Å². The summed E-state index contributed by atoms with van der Waals surface area (Å²) in [5, 5.41) is 0. The molecule has 3 aromatic rings. The lowest BCUT2D eigenvalue weighted by Crippen LogP contribution is -2.35. The third-order valence-electron chi connectivity index (χ3n) is 6.64. The normalized spacial score (nSPS) is 18.2. The summed E-state index contributed by atoms with van der Waals surface area (Å²) >= 11 is 0. The number of aromatic nitrogens is 3. The van der Waals surface area contributed by atoms with Crippen molar-refractivity contribution in [2.24, 2.45) is 5.92 Å². The molecule has 0 aliphatic carbocycles. The van der Waals surface area contributed by atoms with Crippen LogP contribution in [-0.2, 0) is 17.7 Å². The van der Waals surface area contributed by atoms with Gasteiger partial charge in [-0.2, -0.15) is 4.98 Å². The first kappa shape index (κ1) is 21.8. The van der Waals surface area contributed by atoms with Crippen molar-refractivity contribution in [3.63, 3.8) is 0 Å². The van der Waals surface area contributed by atoms with E-state index in [-0.39, 0.29) is 30.1 Å². The summed E-state index contributed by atoms with van der Waals surface area (Å²) < 4.78 is 24.2. The van der Waals surface area contributed by atoms with Crippen LogP contribution in [0.25, 0.3) is 11.3 Å². The van der Waals surface area contributed by atoms with Crippen LogP contribution in [-0.4, -0.2) is 52.8 Å². The maximum Gasteiger partial charge on any atom is 0.351 e. The Morgan fingerprint density at radius 1 is 1.17 bits per heavy atom. The van der Waals surface area contributed by atoms with E-state index in [0.29, 0.717) is 43.5 Å². The molecule has 0 saturated carbocycles. The van der Waals surface area contributed by atoms with Gasteiger partial charge in [-0.15, -0.1) is 0 Å². The van der Waals surface area contributed by atoms with E-state index in [9.17, 15) is 9.59 Å². The average molecular weight is 476 g/mol. The van der Waals surface area contributed by atoms with Crippen LogP contribution in [0.1, 0.15) is 28.8 Å². The number of benzene rings is 1. The Labute approximate surface area is 201 Å². The number of hydrogen-bond acceptors (Lipinski definition) is 8. The van der Waals surface area contributed by atoms with Gasteiger partial charge in [0.05, 0.1) is 18.9 Å². The summed E-state index contributed by atoms with van der Waals surface area (Å²) in [6.45, 7) is 2.49. The van der Waals surface area contributed by atoms with Crippen molar-refractivity contribution in [3.05, 3.63) is 64.2 Å². The van der Waals surface area contributed by atoms with Crippen molar-refractivity contribution in [1.82, 2.24) is 14.5 Å². The fourth-order valence-electron chi connectivity index (χ4n) is 4.60. The molecule has 0 radical (unpaired) electrons. The number of fused-ring (bicyclic) bond motifs is 4.